The highest BCUT2D eigenvalue weighted by Crippen LogP contribution is 2.28. The molecule has 12 heavy (non-hydrogen) atoms. The summed E-state index contributed by atoms with van der Waals surface area (Å²) in [7, 11) is 1.43. The summed E-state index contributed by atoms with van der Waals surface area (Å²) in [6.07, 6.45) is -1.65. The summed E-state index contributed by atoms with van der Waals surface area (Å²) in [5.41, 5.74) is 0. The van der Waals surface area contributed by atoms with Gasteiger partial charge in [0.05, 0.1) is 13.2 Å². The molecule has 1 aliphatic rings. The van der Waals surface area contributed by atoms with Crippen LogP contribution in [0.25, 0.3) is 0 Å². The summed E-state index contributed by atoms with van der Waals surface area (Å²) < 4.78 is 4.85. The number of aliphatic hydroxyl groups excluding tert-OH is 3. The Balaban J connectivity index is 2.87. The number of allylic oxidation sites excluding steroid dienone is 1. The lowest BCUT2D eigenvalue weighted by Crippen LogP contribution is -2.38. The summed E-state index contributed by atoms with van der Waals surface area (Å²) >= 11 is 0. The molecule has 0 bridgehead atoms. The van der Waals surface area contributed by atoms with E-state index in [1.807, 2.05) is 0 Å². The van der Waals surface area contributed by atoms with Crippen LogP contribution >= 0.6 is 0 Å². The maximum absolute atomic E-state index is 9.33. The van der Waals surface area contributed by atoms with Gasteiger partial charge in [0.15, 0.2) is 5.76 Å². The summed E-state index contributed by atoms with van der Waals surface area (Å²) in [4.78, 5) is 0. The molecule has 3 N–H and O–H groups in total. The molecule has 0 heterocycles. The zero-order valence-corrected chi connectivity index (χ0v) is 7.19. The van der Waals surface area contributed by atoms with Crippen molar-refractivity contribution < 1.29 is 20.1 Å². The average molecular weight is 174 g/mol. The van der Waals surface area contributed by atoms with E-state index in [0.29, 0.717) is 12.2 Å². The molecule has 0 aromatic heterocycles. The zero-order valence-electron chi connectivity index (χ0n) is 7.19. The van der Waals surface area contributed by atoms with Crippen molar-refractivity contribution in [3.05, 3.63) is 11.5 Å². The third-order valence-electron chi connectivity index (χ3n) is 2.23. The number of hydrogen-bond acceptors (Lipinski definition) is 4. The molecule has 1 aliphatic carbocycles. The van der Waals surface area contributed by atoms with Crippen molar-refractivity contribution in [2.75, 3.05) is 7.11 Å². The molecule has 1 rings (SSSR count). The Bertz CT molecular complexity index is 199. The standard InChI is InChI=1S/C8H14O4/c1-4-3-5(12-2)7(10)8(11)6(4)9/h4,6,8-11H,3H2,1-2H3. The van der Waals surface area contributed by atoms with Crippen LogP contribution in [0.15, 0.2) is 11.5 Å². The number of hydrogen-bond donors (Lipinski definition) is 3. The molecule has 3 unspecified atom stereocenters. The Kier molecular flexibility index (Phi) is 2.59. The zero-order chi connectivity index (χ0) is 9.30. The molecule has 0 saturated carbocycles. The van der Waals surface area contributed by atoms with Gasteiger partial charge < -0.3 is 20.1 Å². The predicted octanol–water partition coefficient (Wildman–Crippen LogP) is 0.164. The smallest absolute Gasteiger partial charge is 0.161 e. The molecule has 0 spiro atoms. The Hall–Kier alpha value is -0.740. The lowest BCUT2D eigenvalue weighted by atomic mass is 9.88. The van der Waals surface area contributed by atoms with E-state index < -0.39 is 12.2 Å². The monoisotopic (exact) mass is 174 g/mol. The van der Waals surface area contributed by atoms with Crippen molar-refractivity contribution in [2.45, 2.75) is 25.6 Å². The second kappa shape index (κ2) is 3.33. The van der Waals surface area contributed by atoms with Gasteiger partial charge in [-0.2, -0.15) is 0 Å². The highest BCUT2D eigenvalue weighted by atomic mass is 16.5. The Morgan fingerprint density at radius 1 is 1.42 bits per heavy atom. The van der Waals surface area contributed by atoms with E-state index in [0.717, 1.165) is 0 Å². The Morgan fingerprint density at radius 2 is 2.00 bits per heavy atom. The summed E-state index contributed by atoms with van der Waals surface area (Å²) in [6, 6.07) is 0. The number of aliphatic hydroxyl groups is 3. The number of methoxy groups -OCH3 is 1. The first kappa shape index (κ1) is 9.35. The van der Waals surface area contributed by atoms with Gasteiger partial charge in [0.25, 0.3) is 0 Å². The van der Waals surface area contributed by atoms with Gasteiger partial charge in [0.1, 0.15) is 11.9 Å². The molecule has 0 radical (unpaired) electrons. The molecule has 0 fully saturated rings. The van der Waals surface area contributed by atoms with Gasteiger partial charge in [0.2, 0.25) is 0 Å². The van der Waals surface area contributed by atoms with Crippen molar-refractivity contribution in [2.24, 2.45) is 5.92 Å². The van der Waals surface area contributed by atoms with Crippen LogP contribution in [0.5, 0.6) is 0 Å². The van der Waals surface area contributed by atoms with Crippen LogP contribution < -0.4 is 0 Å². The van der Waals surface area contributed by atoms with Crippen LogP contribution in [0, 0.1) is 5.92 Å². The van der Waals surface area contributed by atoms with E-state index in [2.05, 4.69) is 0 Å². The van der Waals surface area contributed by atoms with Gasteiger partial charge in [-0.1, -0.05) is 6.92 Å². The minimum Gasteiger partial charge on any atom is -0.506 e. The third-order valence-corrected chi connectivity index (χ3v) is 2.23. The van der Waals surface area contributed by atoms with Crippen LogP contribution in [-0.4, -0.2) is 34.6 Å². The van der Waals surface area contributed by atoms with Crippen molar-refractivity contribution in [3.63, 3.8) is 0 Å². The lowest BCUT2D eigenvalue weighted by molar-refractivity contribution is -0.0343. The second-order valence-corrected chi connectivity index (χ2v) is 3.13. The molecule has 0 aromatic rings. The Morgan fingerprint density at radius 3 is 2.50 bits per heavy atom. The molecule has 0 saturated heterocycles. The first-order chi connectivity index (χ1) is 5.57. The van der Waals surface area contributed by atoms with E-state index in [1.165, 1.54) is 7.11 Å². The summed E-state index contributed by atoms with van der Waals surface area (Å²) in [5, 5.41) is 27.9. The quantitative estimate of drug-likeness (QED) is 0.529. The van der Waals surface area contributed by atoms with Gasteiger partial charge >= 0.3 is 0 Å². The molecule has 70 valence electrons. The van der Waals surface area contributed by atoms with Crippen LogP contribution in [0.2, 0.25) is 0 Å². The molecular weight excluding hydrogens is 160 g/mol. The van der Waals surface area contributed by atoms with Crippen molar-refractivity contribution in [1.82, 2.24) is 0 Å². The fourth-order valence-electron chi connectivity index (χ4n) is 1.34. The first-order valence-corrected chi connectivity index (χ1v) is 3.90. The molecule has 0 aliphatic heterocycles. The maximum atomic E-state index is 9.33. The normalized spacial score (nSPS) is 36.8. The predicted molar refractivity (Wildman–Crippen MR) is 42.5 cm³/mol. The lowest BCUT2D eigenvalue weighted by Gasteiger charge is -2.29. The highest BCUT2D eigenvalue weighted by Gasteiger charge is 2.34. The first-order valence-electron chi connectivity index (χ1n) is 3.90. The van der Waals surface area contributed by atoms with E-state index in [-0.39, 0.29) is 11.7 Å². The minimum absolute atomic E-state index is 0.0918. The topological polar surface area (TPSA) is 69.9 Å². The van der Waals surface area contributed by atoms with E-state index in [1.54, 1.807) is 6.92 Å². The second-order valence-electron chi connectivity index (χ2n) is 3.13. The number of rotatable bonds is 1. The number of ether oxygens (including phenoxy) is 1. The fourth-order valence-corrected chi connectivity index (χ4v) is 1.34. The largest absolute Gasteiger partial charge is 0.506 e. The van der Waals surface area contributed by atoms with Crippen LogP contribution in [0.1, 0.15) is 13.3 Å². The van der Waals surface area contributed by atoms with E-state index >= 15 is 0 Å². The van der Waals surface area contributed by atoms with Crippen LogP contribution in [0.4, 0.5) is 0 Å². The molecular formula is C8H14O4. The van der Waals surface area contributed by atoms with Crippen molar-refractivity contribution >= 4 is 0 Å². The van der Waals surface area contributed by atoms with Gasteiger partial charge in [-0.05, 0) is 5.92 Å². The third kappa shape index (κ3) is 1.40. The molecule has 4 nitrogen and oxygen atoms in total. The van der Waals surface area contributed by atoms with Crippen LogP contribution in [-0.2, 0) is 4.74 Å². The summed E-state index contributed by atoms with van der Waals surface area (Å²) in [5.74, 6) is 0.0225. The van der Waals surface area contributed by atoms with E-state index in [9.17, 15) is 15.3 Å². The molecule has 0 amide bonds. The average Bonchev–Trinajstić information content (AvgIpc) is 2.08. The summed E-state index contributed by atoms with van der Waals surface area (Å²) in [6.45, 7) is 1.79. The molecule has 4 heteroatoms. The Labute approximate surface area is 71.1 Å². The molecule has 3 atom stereocenters. The SMILES string of the molecule is COC1=C(O)C(O)C(O)C(C)C1. The van der Waals surface area contributed by atoms with Crippen molar-refractivity contribution in [1.29, 1.82) is 0 Å². The van der Waals surface area contributed by atoms with Crippen LogP contribution in [0.3, 0.4) is 0 Å². The van der Waals surface area contributed by atoms with Gasteiger partial charge in [-0.25, -0.2) is 0 Å². The molecule has 0 aromatic carbocycles. The van der Waals surface area contributed by atoms with Gasteiger partial charge in [-0.15, -0.1) is 0 Å². The fraction of sp³-hybridized carbons (Fsp3) is 0.750. The van der Waals surface area contributed by atoms with Gasteiger partial charge in [-0.3, -0.25) is 0 Å². The van der Waals surface area contributed by atoms with E-state index in [4.69, 9.17) is 4.74 Å². The van der Waals surface area contributed by atoms with Crippen molar-refractivity contribution in [3.8, 4) is 0 Å². The van der Waals surface area contributed by atoms with Gasteiger partial charge in [0, 0.05) is 6.42 Å². The maximum Gasteiger partial charge on any atom is 0.161 e. The highest BCUT2D eigenvalue weighted by molar-refractivity contribution is 5.13. The minimum atomic E-state index is -1.20.